The Hall–Kier alpha value is 0.700. The molecule has 1 unspecified atom stereocenters. The molecule has 0 spiro atoms. The summed E-state index contributed by atoms with van der Waals surface area (Å²) in [5.41, 5.74) is 0. The second-order valence-corrected chi connectivity index (χ2v) is 6.98. The molecular formula is C16H34S2. The molecule has 0 saturated carbocycles. The summed E-state index contributed by atoms with van der Waals surface area (Å²) in [5.74, 6) is 0.928. The van der Waals surface area contributed by atoms with Crippen molar-refractivity contribution in [3.8, 4) is 0 Å². The smallest absolute Gasteiger partial charge is 0.0217 e. The first kappa shape index (κ1) is 18.7. The van der Waals surface area contributed by atoms with Crippen LogP contribution in [0.25, 0.3) is 0 Å². The molecule has 0 aromatic rings. The van der Waals surface area contributed by atoms with Gasteiger partial charge in [-0.25, -0.2) is 0 Å². The van der Waals surface area contributed by atoms with E-state index >= 15 is 0 Å². The Labute approximate surface area is 127 Å². The van der Waals surface area contributed by atoms with Crippen LogP contribution < -0.4 is 0 Å². The van der Waals surface area contributed by atoms with Gasteiger partial charge in [0.1, 0.15) is 0 Å². The van der Waals surface area contributed by atoms with Crippen LogP contribution in [-0.2, 0) is 0 Å². The van der Waals surface area contributed by atoms with E-state index in [4.69, 9.17) is 12.6 Å². The second-order valence-electron chi connectivity index (χ2n) is 5.71. The van der Waals surface area contributed by atoms with E-state index in [2.05, 4.69) is 26.5 Å². The molecule has 1 atom stereocenters. The molecule has 110 valence electrons. The molecular weight excluding hydrogens is 256 g/mol. The van der Waals surface area contributed by atoms with Gasteiger partial charge in [0.05, 0.1) is 0 Å². The van der Waals surface area contributed by atoms with Crippen molar-refractivity contribution >= 4 is 25.3 Å². The zero-order valence-electron chi connectivity index (χ0n) is 12.6. The maximum atomic E-state index is 4.89. The van der Waals surface area contributed by atoms with Crippen molar-refractivity contribution in [2.24, 2.45) is 0 Å². The largest absolute Gasteiger partial charge is 0.178 e. The average Bonchev–Trinajstić information content (AvgIpc) is 2.39. The molecule has 0 aliphatic carbocycles. The van der Waals surface area contributed by atoms with E-state index in [1.54, 1.807) is 0 Å². The minimum atomic E-state index is 0.196. The van der Waals surface area contributed by atoms with Crippen molar-refractivity contribution in [3.05, 3.63) is 0 Å². The molecule has 2 heteroatoms. The van der Waals surface area contributed by atoms with Crippen molar-refractivity contribution in [2.45, 2.75) is 95.6 Å². The van der Waals surface area contributed by atoms with E-state index in [0.717, 1.165) is 5.75 Å². The van der Waals surface area contributed by atoms with Crippen LogP contribution >= 0.6 is 25.3 Å². The Morgan fingerprint density at radius 2 is 1.06 bits per heavy atom. The first-order valence-electron chi connectivity index (χ1n) is 8.01. The summed E-state index contributed by atoms with van der Waals surface area (Å²) < 4.78 is 0.196. The van der Waals surface area contributed by atoms with E-state index in [-0.39, 0.29) is 4.75 Å². The number of rotatable bonds is 13. The first-order valence-corrected chi connectivity index (χ1v) is 9.09. The van der Waals surface area contributed by atoms with Gasteiger partial charge < -0.3 is 0 Å². The van der Waals surface area contributed by atoms with Gasteiger partial charge in [-0.3, -0.25) is 0 Å². The summed E-state index contributed by atoms with van der Waals surface area (Å²) in [6.07, 6.45) is 16.1. The minimum absolute atomic E-state index is 0.196. The molecule has 0 bridgehead atoms. The van der Waals surface area contributed by atoms with Gasteiger partial charge in [0.25, 0.3) is 0 Å². The molecule has 0 saturated heterocycles. The molecule has 0 aliphatic heterocycles. The van der Waals surface area contributed by atoms with E-state index in [1.807, 2.05) is 0 Å². The van der Waals surface area contributed by atoms with Crippen LogP contribution in [0.4, 0.5) is 0 Å². The fraction of sp³-hybridized carbons (Fsp3) is 1.00. The second kappa shape index (κ2) is 12.7. The number of unbranched alkanes of at least 4 members (excludes halogenated alkanes) is 8. The highest BCUT2D eigenvalue weighted by Gasteiger charge is 2.22. The fourth-order valence-electron chi connectivity index (χ4n) is 2.40. The third-order valence-corrected chi connectivity index (χ3v) is 5.25. The lowest BCUT2D eigenvalue weighted by atomic mass is 9.95. The summed E-state index contributed by atoms with van der Waals surface area (Å²) in [6.45, 7) is 4.54. The predicted molar refractivity (Wildman–Crippen MR) is 92.3 cm³/mol. The SMILES string of the molecule is CCCCCCCCC(S)(CS)CCCCCC. The average molecular weight is 291 g/mol. The number of hydrogen-bond donors (Lipinski definition) is 2. The monoisotopic (exact) mass is 290 g/mol. The van der Waals surface area contributed by atoms with E-state index < -0.39 is 0 Å². The van der Waals surface area contributed by atoms with Gasteiger partial charge in [0, 0.05) is 10.5 Å². The maximum Gasteiger partial charge on any atom is 0.0217 e. The lowest BCUT2D eigenvalue weighted by molar-refractivity contribution is 0.478. The van der Waals surface area contributed by atoms with Gasteiger partial charge in [-0.2, -0.15) is 25.3 Å². The van der Waals surface area contributed by atoms with Crippen LogP contribution in [0.3, 0.4) is 0 Å². The molecule has 0 N–H and O–H groups in total. The van der Waals surface area contributed by atoms with Crippen LogP contribution in [0, 0.1) is 0 Å². The summed E-state index contributed by atoms with van der Waals surface area (Å²) in [6, 6.07) is 0. The van der Waals surface area contributed by atoms with Crippen LogP contribution in [0.1, 0.15) is 90.9 Å². The lowest BCUT2D eigenvalue weighted by Crippen LogP contribution is -2.23. The highest BCUT2D eigenvalue weighted by atomic mass is 32.1. The molecule has 0 amide bonds. The fourth-order valence-corrected chi connectivity index (χ4v) is 3.03. The standard InChI is InChI=1S/C16H34S2/c1-3-5-7-9-10-12-14-16(18,15-17)13-11-8-6-4-2/h17-18H,3-15H2,1-2H3. The third kappa shape index (κ3) is 10.6. The summed E-state index contributed by atoms with van der Waals surface area (Å²) in [5, 5.41) is 0. The van der Waals surface area contributed by atoms with Gasteiger partial charge in [0.15, 0.2) is 0 Å². The molecule has 0 radical (unpaired) electrons. The van der Waals surface area contributed by atoms with Crippen LogP contribution in [0.5, 0.6) is 0 Å². The van der Waals surface area contributed by atoms with Gasteiger partial charge in [0.2, 0.25) is 0 Å². The Balaban J connectivity index is 3.58. The van der Waals surface area contributed by atoms with Crippen molar-refractivity contribution in [1.82, 2.24) is 0 Å². The topological polar surface area (TPSA) is 0 Å². The Bertz CT molecular complexity index is 170. The normalized spacial score (nSPS) is 14.7. The van der Waals surface area contributed by atoms with E-state index in [1.165, 1.54) is 77.0 Å². The number of thiol groups is 2. The Kier molecular flexibility index (Phi) is 13.2. The van der Waals surface area contributed by atoms with Crippen molar-refractivity contribution in [1.29, 1.82) is 0 Å². The molecule has 0 aromatic carbocycles. The molecule has 0 fully saturated rings. The van der Waals surface area contributed by atoms with Crippen molar-refractivity contribution in [2.75, 3.05) is 5.75 Å². The van der Waals surface area contributed by atoms with Crippen molar-refractivity contribution < 1.29 is 0 Å². The summed E-state index contributed by atoms with van der Waals surface area (Å²) >= 11 is 9.40. The van der Waals surface area contributed by atoms with Gasteiger partial charge in [-0.1, -0.05) is 78.1 Å². The maximum absolute atomic E-state index is 4.89. The van der Waals surface area contributed by atoms with Crippen molar-refractivity contribution in [3.63, 3.8) is 0 Å². The zero-order valence-corrected chi connectivity index (χ0v) is 14.4. The van der Waals surface area contributed by atoms with Gasteiger partial charge in [-0.05, 0) is 12.8 Å². The predicted octanol–water partition coefficient (Wildman–Crippen LogP) is 6.31. The zero-order chi connectivity index (χ0) is 13.7. The highest BCUT2D eigenvalue weighted by Crippen LogP contribution is 2.30. The lowest BCUT2D eigenvalue weighted by Gasteiger charge is -2.26. The molecule has 0 aromatic heterocycles. The Morgan fingerprint density at radius 1 is 0.667 bits per heavy atom. The first-order chi connectivity index (χ1) is 8.68. The Morgan fingerprint density at radius 3 is 1.50 bits per heavy atom. The van der Waals surface area contributed by atoms with E-state index in [9.17, 15) is 0 Å². The van der Waals surface area contributed by atoms with Crippen LogP contribution in [0.2, 0.25) is 0 Å². The summed E-state index contributed by atoms with van der Waals surface area (Å²) in [7, 11) is 0. The summed E-state index contributed by atoms with van der Waals surface area (Å²) in [4.78, 5) is 0. The molecule has 18 heavy (non-hydrogen) atoms. The van der Waals surface area contributed by atoms with E-state index in [0.29, 0.717) is 0 Å². The van der Waals surface area contributed by atoms with Crippen LogP contribution in [-0.4, -0.2) is 10.5 Å². The molecule has 0 nitrogen and oxygen atoms in total. The number of hydrogen-bond acceptors (Lipinski definition) is 2. The van der Waals surface area contributed by atoms with Gasteiger partial charge >= 0.3 is 0 Å². The van der Waals surface area contributed by atoms with Gasteiger partial charge in [-0.15, -0.1) is 0 Å². The molecule has 0 heterocycles. The van der Waals surface area contributed by atoms with Crippen LogP contribution in [0.15, 0.2) is 0 Å². The highest BCUT2D eigenvalue weighted by molar-refractivity contribution is 7.85. The molecule has 0 rings (SSSR count). The molecule has 0 aliphatic rings. The quantitative estimate of drug-likeness (QED) is 0.288. The third-order valence-electron chi connectivity index (χ3n) is 3.79. The minimum Gasteiger partial charge on any atom is -0.178 e.